The van der Waals surface area contributed by atoms with E-state index in [-0.39, 0.29) is 0 Å². The average molecular weight is 624 g/mol. The van der Waals surface area contributed by atoms with E-state index >= 15 is 0 Å². The Kier molecular flexibility index (Phi) is 10.0. The number of halogens is 17. The highest BCUT2D eigenvalue weighted by atomic mass is 32.2. The van der Waals surface area contributed by atoms with Gasteiger partial charge in [-0.2, -0.15) is 74.6 Å². The summed E-state index contributed by atoms with van der Waals surface area (Å²) in [5.41, 5.74) is -1.37. The Bertz CT molecular complexity index is 918. The number of nitrogens with zero attached hydrogens (tertiary/aromatic N) is 1. The third-order valence-electron chi connectivity index (χ3n) is 4.41. The van der Waals surface area contributed by atoms with Gasteiger partial charge < -0.3 is 9.29 Å². The van der Waals surface area contributed by atoms with Crippen LogP contribution in [0.5, 0.6) is 0 Å². The molecule has 23 heteroatoms. The second-order valence-corrected chi connectivity index (χ2v) is 8.18. The van der Waals surface area contributed by atoms with Gasteiger partial charge in [-0.15, -0.1) is 0 Å². The van der Waals surface area contributed by atoms with Crippen LogP contribution in [0.25, 0.3) is 0 Å². The van der Waals surface area contributed by atoms with Gasteiger partial charge in [-0.3, -0.25) is 4.21 Å². The third-order valence-corrected chi connectivity index (χ3v) is 5.10. The minimum Gasteiger partial charge on any atom is -0.760 e. The summed E-state index contributed by atoms with van der Waals surface area (Å²) in [7, 11) is 0.908. The largest absolute Gasteiger partial charge is 0.760 e. The Balaban J connectivity index is 6.21. The number of ether oxygens (including phenoxy) is 1. The molecule has 0 heterocycles. The summed E-state index contributed by atoms with van der Waals surface area (Å²) in [5, 5.41) is 0. The van der Waals surface area contributed by atoms with Gasteiger partial charge >= 0.3 is 53.8 Å². The Morgan fingerprint density at radius 3 is 1.42 bits per heavy atom. The molecule has 38 heavy (non-hydrogen) atoms. The van der Waals surface area contributed by atoms with Crippen LogP contribution in [0.3, 0.4) is 0 Å². The molecule has 0 aliphatic heterocycles. The fourth-order valence-corrected chi connectivity index (χ4v) is 2.37. The van der Waals surface area contributed by atoms with Crippen molar-refractivity contribution in [3.8, 4) is 0 Å². The molecule has 5 nitrogen and oxygen atoms in total. The van der Waals surface area contributed by atoms with Gasteiger partial charge in [-0.25, -0.2) is 9.10 Å². The van der Waals surface area contributed by atoms with Crippen LogP contribution < -0.4 is 0 Å². The van der Waals surface area contributed by atoms with Crippen LogP contribution in [-0.2, 0) is 20.8 Å². The van der Waals surface area contributed by atoms with E-state index in [9.17, 15) is 88.2 Å². The standard InChI is InChI=1S/C15H12F17NO4S/c1-6(4-3-5-33(2)38(35)36)7(34)37-15(31,32)13(26,27)11(22,23)9(18,19)8(16,17)10(20,21)12(24,25)14(28,29)30/h1,3-5H2,2H3,(H,35,36)/p-1. The fourth-order valence-electron chi connectivity index (χ4n) is 2.09. The zero-order chi connectivity index (χ0) is 31.1. The van der Waals surface area contributed by atoms with Crippen LogP contribution in [0.4, 0.5) is 74.6 Å². The number of alkyl halides is 17. The summed E-state index contributed by atoms with van der Waals surface area (Å²) >= 11 is -2.87. The van der Waals surface area contributed by atoms with Gasteiger partial charge in [-0.05, 0) is 19.9 Å². The topological polar surface area (TPSA) is 69.7 Å². The summed E-state index contributed by atoms with van der Waals surface area (Å²) in [4.78, 5) is 11.4. The Morgan fingerprint density at radius 1 is 0.737 bits per heavy atom. The fraction of sp³-hybridized carbons (Fsp3) is 0.800. The first-order chi connectivity index (χ1) is 16.4. The molecule has 0 saturated heterocycles. The zero-order valence-electron chi connectivity index (χ0n) is 17.7. The van der Waals surface area contributed by atoms with Crippen molar-refractivity contribution in [2.45, 2.75) is 60.7 Å². The van der Waals surface area contributed by atoms with Gasteiger partial charge in [0.25, 0.3) is 0 Å². The molecule has 226 valence electrons. The second-order valence-electron chi connectivity index (χ2n) is 7.13. The molecule has 0 aromatic rings. The number of carbonyl (C=O) groups excluding carboxylic acids is 1. The first-order valence-electron chi connectivity index (χ1n) is 8.81. The highest BCUT2D eigenvalue weighted by Gasteiger charge is 2.95. The van der Waals surface area contributed by atoms with Crippen molar-refractivity contribution in [2.75, 3.05) is 13.6 Å². The van der Waals surface area contributed by atoms with Gasteiger partial charge in [0.05, 0.1) is 0 Å². The number of hydrogen-bond acceptors (Lipinski definition) is 4. The smallest absolute Gasteiger partial charge is 0.473 e. The van der Waals surface area contributed by atoms with Crippen molar-refractivity contribution in [3.63, 3.8) is 0 Å². The van der Waals surface area contributed by atoms with E-state index in [1.165, 1.54) is 0 Å². The van der Waals surface area contributed by atoms with Crippen LogP contribution in [-0.4, -0.2) is 80.4 Å². The zero-order valence-corrected chi connectivity index (χ0v) is 18.6. The predicted molar refractivity (Wildman–Crippen MR) is 86.7 cm³/mol. The van der Waals surface area contributed by atoms with Gasteiger partial charge in [0.15, 0.2) is 0 Å². The number of esters is 1. The molecule has 0 spiro atoms. The van der Waals surface area contributed by atoms with E-state index in [1.54, 1.807) is 0 Å². The molecule has 0 fully saturated rings. The Hall–Kier alpha value is -1.91. The van der Waals surface area contributed by atoms with Crippen molar-refractivity contribution in [1.29, 1.82) is 0 Å². The average Bonchev–Trinajstić information content (AvgIpc) is 2.71. The molecule has 0 aliphatic rings. The minimum absolute atomic E-state index is 0.502. The lowest BCUT2D eigenvalue weighted by Gasteiger charge is -2.42. The summed E-state index contributed by atoms with van der Waals surface area (Å²) in [5.74, 6) is -54.1. The SMILES string of the molecule is C=C(CCCN(C)S(=O)[O-])C(=O)OC(F)(F)C(F)(F)C(F)(F)C(F)(F)C(F)(F)C(F)(F)C(F)(F)C(F)(F)F. The van der Waals surface area contributed by atoms with Crippen LogP contribution in [0.1, 0.15) is 12.8 Å². The molecule has 0 rings (SSSR count). The monoisotopic (exact) mass is 624 g/mol. The lowest BCUT2D eigenvalue weighted by molar-refractivity contribution is -0.473. The summed E-state index contributed by atoms with van der Waals surface area (Å²) in [6.07, 6.45) is -16.7. The minimum atomic E-state index is -8.80. The van der Waals surface area contributed by atoms with Crippen LogP contribution in [0.2, 0.25) is 0 Å². The number of hydrogen-bond donors (Lipinski definition) is 0. The van der Waals surface area contributed by atoms with Crippen molar-refractivity contribution < 1.29 is 92.9 Å². The third kappa shape index (κ3) is 5.82. The van der Waals surface area contributed by atoms with Gasteiger partial charge in [0, 0.05) is 23.4 Å². The maximum atomic E-state index is 13.6. The summed E-state index contributed by atoms with van der Waals surface area (Å²) < 4.78 is 247. The normalized spacial score (nSPS) is 16.0. The van der Waals surface area contributed by atoms with E-state index in [2.05, 4.69) is 11.3 Å². The predicted octanol–water partition coefficient (Wildman–Crippen LogP) is 5.56. The van der Waals surface area contributed by atoms with Crippen LogP contribution in [0, 0.1) is 0 Å². The molecule has 0 aromatic heterocycles. The molecule has 0 N–H and O–H groups in total. The molecule has 0 radical (unpaired) electrons. The molecule has 0 saturated carbocycles. The van der Waals surface area contributed by atoms with Gasteiger partial charge in [0.2, 0.25) is 0 Å². The molecule has 1 atom stereocenters. The number of carbonyl (C=O) groups is 1. The first-order valence-corrected chi connectivity index (χ1v) is 9.84. The van der Waals surface area contributed by atoms with Crippen molar-refractivity contribution in [1.82, 2.24) is 4.31 Å². The molecule has 0 aliphatic carbocycles. The molecule has 1 unspecified atom stereocenters. The number of rotatable bonds is 13. The summed E-state index contributed by atoms with van der Waals surface area (Å²) in [6.45, 7) is 2.10. The Morgan fingerprint density at radius 2 is 1.08 bits per heavy atom. The van der Waals surface area contributed by atoms with Crippen molar-refractivity contribution in [2.24, 2.45) is 0 Å². The van der Waals surface area contributed by atoms with E-state index in [1.807, 2.05) is 0 Å². The van der Waals surface area contributed by atoms with E-state index < -0.39 is 90.0 Å². The highest BCUT2D eigenvalue weighted by molar-refractivity contribution is 7.76. The quantitative estimate of drug-likeness (QED) is 0.117. The van der Waals surface area contributed by atoms with Crippen molar-refractivity contribution >= 4 is 17.2 Å². The van der Waals surface area contributed by atoms with E-state index in [0.29, 0.717) is 4.31 Å². The van der Waals surface area contributed by atoms with Crippen molar-refractivity contribution in [3.05, 3.63) is 12.2 Å². The summed E-state index contributed by atoms with van der Waals surface area (Å²) in [6, 6.07) is 0. The lowest BCUT2D eigenvalue weighted by Crippen LogP contribution is -2.74. The lowest BCUT2D eigenvalue weighted by atomic mass is 9.90. The maximum Gasteiger partial charge on any atom is 0.473 e. The molecule has 0 aromatic carbocycles. The van der Waals surface area contributed by atoms with Crippen LogP contribution in [0.15, 0.2) is 12.2 Å². The van der Waals surface area contributed by atoms with E-state index in [0.717, 1.165) is 7.05 Å². The molecule has 0 amide bonds. The first kappa shape index (κ1) is 36.1. The van der Waals surface area contributed by atoms with Gasteiger partial charge in [0.1, 0.15) is 0 Å². The second kappa shape index (κ2) is 10.6. The Labute approximate surface area is 202 Å². The van der Waals surface area contributed by atoms with E-state index in [4.69, 9.17) is 0 Å². The molecule has 0 bridgehead atoms. The highest BCUT2D eigenvalue weighted by Crippen LogP contribution is 2.64. The maximum absolute atomic E-state index is 13.6. The molecular formula is C15H11F17NO4S-. The molecular weight excluding hydrogens is 613 g/mol. The van der Waals surface area contributed by atoms with Gasteiger partial charge in [-0.1, -0.05) is 6.58 Å². The van der Waals surface area contributed by atoms with Crippen LogP contribution >= 0.6 is 0 Å².